The minimum Gasteiger partial charge on any atom is -0.493 e. The number of halogens is 2. The summed E-state index contributed by atoms with van der Waals surface area (Å²) >= 11 is 0. The minimum absolute atomic E-state index is 0. The number of imidazole rings is 1. The Labute approximate surface area is 194 Å². The molecular weight excluding hydrogens is 439 g/mol. The number of nitrogens with one attached hydrogen (secondary N) is 1. The van der Waals surface area contributed by atoms with Crippen LogP contribution in [0.1, 0.15) is 18.2 Å². The quantitative estimate of drug-likeness (QED) is 0.501. The number of aromatic nitrogens is 2. The Morgan fingerprint density at radius 1 is 1.16 bits per heavy atom. The molecule has 168 valence electrons. The lowest BCUT2D eigenvalue weighted by Crippen LogP contribution is -2.37. The largest absolute Gasteiger partial charge is 0.493 e. The van der Waals surface area contributed by atoms with E-state index >= 15 is 0 Å². The fraction of sp³-hybridized carbons (Fsp3) is 0.273. The van der Waals surface area contributed by atoms with Crippen LogP contribution in [0.5, 0.6) is 11.5 Å². The van der Waals surface area contributed by atoms with Crippen LogP contribution in [-0.4, -0.2) is 35.2 Å². The number of hydrogen-bond acceptors (Lipinski definition) is 5. The lowest BCUT2D eigenvalue weighted by Gasteiger charge is -2.14. The number of nitrogens with two attached hydrogens (primary N) is 1. The van der Waals surface area contributed by atoms with E-state index in [0.29, 0.717) is 30.2 Å². The van der Waals surface area contributed by atoms with Crippen LogP contribution in [0, 0.1) is 0 Å². The number of rotatable bonds is 9. The van der Waals surface area contributed by atoms with Crippen LogP contribution in [0.15, 0.2) is 61.1 Å². The van der Waals surface area contributed by atoms with E-state index < -0.39 is 6.04 Å². The zero-order valence-corrected chi connectivity index (χ0v) is 19.1. The molecule has 3 rings (SSSR count). The van der Waals surface area contributed by atoms with Gasteiger partial charge in [-0.2, -0.15) is 0 Å². The van der Waals surface area contributed by atoms with Gasteiger partial charge in [-0.25, -0.2) is 4.98 Å². The van der Waals surface area contributed by atoms with Gasteiger partial charge in [0.05, 0.1) is 31.8 Å². The number of hydrogen-bond donors (Lipinski definition) is 2. The van der Waals surface area contributed by atoms with Crippen LogP contribution in [-0.2, 0) is 17.8 Å². The normalized spacial score (nSPS) is 10.9. The fourth-order valence-electron chi connectivity index (χ4n) is 2.97. The van der Waals surface area contributed by atoms with Crippen LogP contribution in [0.25, 0.3) is 0 Å². The molecule has 0 saturated carbocycles. The van der Waals surface area contributed by atoms with Gasteiger partial charge < -0.3 is 25.1 Å². The van der Waals surface area contributed by atoms with Gasteiger partial charge in [-0.05, 0) is 24.6 Å². The van der Waals surface area contributed by atoms with E-state index in [1.807, 2.05) is 35.9 Å². The predicted octanol–water partition coefficient (Wildman–Crippen LogP) is 3.69. The first-order chi connectivity index (χ1) is 14.1. The summed E-state index contributed by atoms with van der Waals surface area (Å²) in [4.78, 5) is 16.8. The molecule has 0 saturated heterocycles. The van der Waals surface area contributed by atoms with Gasteiger partial charge in [0.25, 0.3) is 0 Å². The van der Waals surface area contributed by atoms with Gasteiger partial charge >= 0.3 is 0 Å². The van der Waals surface area contributed by atoms with E-state index in [4.69, 9.17) is 15.2 Å². The van der Waals surface area contributed by atoms with Crippen LogP contribution in [0.4, 0.5) is 5.69 Å². The van der Waals surface area contributed by atoms with E-state index in [1.54, 1.807) is 31.6 Å². The van der Waals surface area contributed by atoms with E-state index in [1.165, 1.54) is 5.56 Å². The molecule has 3 aromatic rings. The van der Waals surface area contributed by atoms with Gasteiger partial charge in [-0.15, -0.1) is 24.8 Å². The van der Waals surface area contributed by atoms with Gasteiger partial charge in [-0.1, -0.05) is 30.3 Å². The van der Waals surface area contributed by atoms with E-state index in [2.05, 4.69) is 22.4 Å². The average Bonchev–Trinajstić information content (AvgIpc) is 3.16. The van der Waals surface area contributed by atoms with E-state index in [9.17, 15) is 4.79 Å². The molecule has 0 aliphatic carbocycles. The SMILES string of the molecule is CCOc1ccc(NC(=O)[C@@H](N)Cc2cn(Cc3ccccc3)cn2)cc1OC.Cl.Cl. The van der Waals surface area contributed by atoms with Gasteiger partial charge in [0.15, 0.2) is 11.5 Å². The van der Waals surface area contributed by atoms with Crippen molar-refractivity contribution in [3.05, 3.63) is 72.3 Å². The molecule has 0 radical (unpaired) electrons. The summed E-state index contributed by atoms with van der Waals surface area (Å²) in [5, 5.41) is 2.82. The molecule has 1 amide bonds. The minimum atomic E-state index is -0.715. The molecule has 2 aromatic carbocycles. The van der Waals surface area contributed by atoms with Crippen molar-refractivity contribution >= 4 is 36.4 Å². The maximum Gasteiger partial charge on any atom is 0.241 e. The Morgan fingerprint density at radius 3 is 2.58 bits per heavy atom. The molecule has 0 bridgehead atoms. The summed E-state index contributed by atoms with van der Waals surface area (Å²) in [6, 6.07) is 14.6. The third kappa shape index (κ3) is 7.47. The molecule has 1 heterocycles. The first-order valence-corrected chi connectivity index (χ1v) is 9.51. The highest BCUT2D eigenvalue weighted by atomic mass is 35.5. The van der Waals surface area contributed by atoms with Gasteiger partial charge in [0.1, 0.15) is 0 Å². The van der Waals surface area contributed by atoms with E-state index in [-0.39, 0.29) is 30.7 Å². The molecule has 9 heteroatoms. The third-order valence-corrected chi connectivity index (χ3v) is 4.39. The first kappa shape index (κ1) is 26.3. The summed E-state index contributed by atoms with van der Waals surface area (Å²) in [7, 11) is 1.56. The molecule has 0 fully saturated rings. The second-order valence-corrected chi connectivity index (χ2v) is 6.62. The summed E-state index contributed by atoms with van der Waals surface area (Å²) < 4.78 is 12.8. The highest BCUT2D eigenvalue weighted by molar-refractivity contribution is 5.95. The Morgan fingerprint density at radius 2 is 1.90 bits per heavy atom. The topological polar surface area (TPSA) is 91.4 Å². The van der Waals surface area contributed by atoms with Gasteiger partial charge in [0.2, 0.25) is 5.91 Å². The number of carbonyl (C=O) groups is 1. The fourth-order valence-corrected chi connectivity index (χ4v) is 2.97. The van der Waals surface area contributed by atoms with E-state index in [0.717, 1.165) is 12.2 Å². The van der Waals surface area contributed by atoms with Crippen LogP contribution < -0.4 is 20.5 Å². The van der Waals surface area contributed by atoms with Crippen molar-refractivity contribution in [3.8, 4) is 11.5 Å². The molecule has 0 unspecified atom stereocenters. The zero-order valence-electron chi connectivity index (χ0n) is 17.5. The smallest absolute Gasteiger partial charge is 0.241 e. The highest BCUT2D eigenvalue weighted by Crippen LogP contribution is 2.30. The molecule has 3 N–H and O–H groups in total. The molecule has 0 aliphatic rings. The van der Waals surface area contributed by atoms with Crippen LogP contribution in [0.3, 0.4) is 0 Å². The first-order valence-electron chi connectivity index (χ1n) is 9.51. The summed E-state index contributed by atoms with van der Waals surface area (Å²) in [6.45, 7) is 3.15. The van der Waals surface area contributed by atoms with Crippen LogP contribution >= 0.6 is 24.8 Å². The summed E-state index contributed by atoms with van der Waals surface area (Å²) in [6.07, 6.45) is 4.02. The van der Waals surface area contributed by atoms with Crippen molar-refractivity contribution in [2.45, 2.75) is 25.9 Å². The molecule has 0 spiro atoms. The Bertz CT molecular complexity index is 951. The monoisotopic (exact) mass is 466 g/mol. The van der Waals surface area contributed by atoms with Gasteiger partial charge in [0, 0.05) is 30.9 Å². The van der Waals surface area contributed by atoms with Crippen molar-refractivity contribution in [3.63, 3.8) is 0 Å². The molecular formula is C22H28Cl2N4O3. The lowest BCUT2D eigenvalue weighted by atomic mass is 10.1. The number of anilines is 1. The van der Waals surface area contributed by atoms with Crippen molar-refractivity contribution in [1.82, 2.24) is 9.55 Å². The number of methoxy groups -OCH3 is 1. The Kier molecular flexibility index (Phi) is 10.9. The van der Waals surface area contributed by atoms with Gasteiger partial charge in [-0.3, -0.25) is 4.79 Å². The Balaban J connectivity index is 0.00000240. The molecule has 0 aliphatic heterocycles. The number of amides is 1. The molecule has 1 aromatic heterocycles. The molecule has 1 atom stereocenters. The van der Waals surface area contributed by atoms with Crippen molar-refractivity contribution in [2.24, 2.45) is 5.73 Å². The average molecular weight is 467 g/mol. The second kappa shape index (κ2) is 12.8. The van der Waals surface area contributed by atoms with Crippen molar-refractivity contribution < 1.29 is 14.3 Å². The second-order valence-electron chi connectivity index (χ2n) is 6.62. The lowest BCUT2D eigenvalue weighted by molar-refractivity contribution is -0.117. The third-order valence-electron chi connectivity index (χ3n) is 4.39. The molecule has 31 heavy (non-hydrogen) atoms. The summed E-state index contributed by atoms with van der Waals surface area (Å²) in [5.74, 6) is 0.896. The summed E-state index contributed by atoms with van der Waals surface area (Å²) in [5.41, 5.74) is 8.64. The zero-order chi connectivity index (χ0) is 20.6. The number of benzene rings is 2. The maximum absolute atomic E-state index is 12.5. The highest BCUT2D eigenvalue weighted by Gasteiger charge is 2.17. The number of ether oxygens (including phenoxy) is 2. The number of nitrogens with zero attached hydrogens (tertiary/aromatic N) is 2. The van der Waals surface area contributed by atoms with Crippen LogP contribution in [0.2, 0.25) is 0 Å². The predicted molar refractivity (Wildman–Crippen MR) is 127 cm³/mol. The maximum atomic E-state index is 12.5. The number of carbonyl (C=O) groups excluding carboxylic acids is 1. The molecule has 7 nitrogen and oxygen atoms in total. The Hall–Kier alpha value is -2.74. The van der Waals surface area contributed by atoms with Crippen molar-refractivity contribution in [1.29, 1.82) is 0 Å². The standard InChI is InChI=1S/C22H26N4O3.2ClH/c1-3-29-20-10-9-17(12-21(20)28-2)25-22(27)19(23)11-18-14-26(15-24-18)13-16-7-5-4-6-8-16;;/h4-10,12,14-15,19H,3,11,13,23H2,1-2H3,(H,25,27);2*1H/t19-;;/m0../s1. The van der Waals surface area contributed by atoms with Crippen molar-refractivity contribution in [2.75, 3.05) is 19.0 Å².